The van der Waals surface area contributed by atoms with Gasteiger partial charge in [0.25, 0.3) is 5.91 Å². The summed E-state index contributed by atoms with van der Waals surface area (Å²) in [7, 11) is -3.52. The van der Waals surface area contributed by atoms with Gasteiger partial charge >= 0.3 is 0 Å². The SMILES string of the molecule is CS(=O)(=O)N(Cc1ccc(Cl)cc1)c1ccc2sc(C(=O)NCCc3ccccc3)cc2c1. The van der Waals surface area contributed by atoms with Crippen LogP contribution in [0.3, 0.4) is 0 Å². The van der Waals surface area contributed by atoms with Gasteiger partial charge in [-0.15, -0.1) is 11.3 Å². The van der Waals surface area contributed by atoms with Crippen LogP contribution in [0.5, 0.6) is 0 Å². The topological polar surface area (TPSA) is 66.5 Å². The Kier molecular flexibility index (Phi) is 7.02. The Morgan fingerprint density at radius 1 is 0.970 bits per heavy atom. The van der Waals surface area contributed by atoms with E-state index < -0.39 is 10.0 Å². The molecule has 0 aliphatic carbocycles. The number of anilines is 1. The van der Waals surface area contributed by atoms with Crippen LogP contribution in [0.2, 0.25) is 5.02 Å². The summed E-state index contributed by atoms with van der Waals surface area (Å²) in [5.41, 5.74) is 2.54. The lowest BCUT2D eigenvalue weighted by Crippen LogP contribution is -2.29. The van der Waals surface area contributed by atoms with Crippen molar-refractivity contribution in [2.75, 3.05) is 17.1 Å². The number of thiophene rings is 1. The van der Waals surface area contributed by atoms with Gasteiger partial charge < -0.3 is 5.32 Å². The number of fused-ring (bicyclic) bond motifs is 1. The Morgan fingerprint density at radius 3 is 2.39 bits per heavy atom. The summed E-state index contributed by atoms with van der Waals surface area (Å²) < 4.78 is 27.3. The second-order valence-electron chi connectivity index (χ2n) is 7.72. The maximum Gasteiger partial charge on any atom is 0.261 e. The van der Waals surface area contributed by atoms with E-state index in [1.807, 2.05) is 60.7 Å². The largest absolute Gasteiger partial charge is 0.351 e. The Balaban J connectivity index is 1.51. The van der Waals surface area contributed by atoms with Gasteiger partial charge in [-0.2, -0.15) is 0 Å². The molecule has 8 heteroatoms. The molecule has 0 spiro atoms. The zero-order chi connectivity index (χ0) is 23.4. The van der Waals surface area contributed by atoms with Crippen LogP contribution in [0, 0.1) is 0 Å². The first-order valence-electron chi connectivity index (χ1n) is 10.4. The molecule has 1 aromatic heterocycles. The summed E-state index contributed by atoms with van der Waals surface area (Å²) in [5, 5.41) is 4.39. The van der Waals surface area contributed by atoms with E-state index in [1.54, 1.807) is 18.2 Å². The molecule has 5 nitrogen and oxygen atoms in total. The number of nitrogens with zero attached hydrogens (tertiary/aromatic N) is 1. The summed E-state index contributed by atoms with van der Waals surface area (Å²) in [5.74, 6) is -0.130. The molecule has 0 bridgehead atoms. The number of sulfonamides is 1. The maximum absolute atomic E-state index is 12.6. The number of halogens is 1. The van der Waals surface area contributed by atoms with E-state index in [4.69, 9.17) is 11.6 Å². The normalized spacial score (nSPS) is 11.5. The first-order valence-corrected chi connectivity index (χ1v) is 13.4. The van der Waals surface area contributed by atoms with Crippen LogP contribution >= 0.6 is 22.9 Å². The molecule has 0 unspecified atom stereocenters. The Bertz CT molecular complexity index is 1370. The third-order valence-corrected chi connectivity index (χ3v) is 7.70. The Labute approximate surface area is 202 Å². The molecule has 0 saturated carbocycles. The zero-order valence-corrected chi connectivity index (χ0v) is 20.4. The van der Waals surface area contributed by atoms with Gasteiger partial charge in [-0.05, 0) is 59.3 Å². The predicted octanol–water partition coefficient (Wildman–Crippen LogP) is 5.49. The third kappa shape index (κ3) is 5.93. The maximum atomic E-state index is 12.6. The highest BCUT2D eigenvalue weighted by Gasteiger charge is 2.19. The Hall–Kier alpha value is -2.87. The molecule has 33 heavy (non-hydrogen) atoms. The molecule has 0 aliphatic rings. The number of hydrogen-bond donors (Lipinski definition) is 1. The van der Waals surface area contributed by atoms with Crippen molar-refractivity contribution in [2.24, 2.45) is 0 Å². The van der Waals surface area contributed by atoms with E-state index in [-0.39, 0.29) is 12.5 Å². The molecular formula is C25H23ClN2O3S2. The van der Waals surface area contributed by atoms with Gasteiger partial charge in [-0.1, -0.05) is 54.1 Å². The standard InChI is InChI=1S/C25H23ClN2O3S2/c1-33(30,31)28(17-19-7-9-21(26)10-8-19)22-11-12-23-20(15-22)16-24(32-23)25(29)27-14-13-18-5-3-2-4-6-18/h2-12,15-16H,13-14,17H2,1H3,(H,27,29). The van der Waals surface area contributed by atoms with E-state index >= 15 is 0 Å². The molecule has 0 radical (unpaired) electrons. The minimum atomic E-state index is -3.52. The number of hydrogen-bond acceptors (Lipinski definition) is 4. The van der Waals surface area contributed by atoms with Crippen molar-refractivity contribution in [3.8, 4) is 0 Å². The van der Waals surface area contributed by atoms with Gasteiger partial charge in [0.2, 0.25) is 10.0 Å². The molecule has 0 aliphatic heterocycles. The van der Waals surface area contributed by atoms with Crippen LogP contribution < -0.4 is 9.62 Å². The number of amides is 1. The van der Waals surface area contributed by atoms with E-state index in [1.165, 1.54) is 27.5 Å². The first kappa shape index (κ1) is 23.3. The van der Waals surface area contributed by atoms with E-state index in [2.05, 4.69) is 5.32 Å². The highest BCUT2D eigenvalue weighted by molar-refractivity contribution is 7.92. The third-order valence-electron chi connectivity index (χ3n) is 5.19. The van der Waals surface area contributed by atoms with Crippen molar-refractivity contribution >= 4 is 54.6 Å². The minimum absolute atomic E-state index is 0.130. The van der Waals surface area contributed by atoms with Crippen LogP contribution in [-0.2, 0) is 23.0 Å². The van der Waals surface area contributed by atoms with E-state index in [9.17, 15) is 13.2 Å². The quantitative estimate of drug-likeness (QED) is 0.349. The molecule has 1 heterocycles. The summed E-state index contributed by atoms with van der Waals surface area (Å²) >= 11 is 7.34. The number of carbonyl (C=O) groups is 1. The molecule has 4 aromatic rings. The second kappa shape index (κ2) is 9.95. The van der Waals surface area contributed by atoms with Crippen molar-refractivity contribution in [1.82, 2.24) is 5.32 Å². The van der Waals surface area contributed by atoms with Crippen LogP contribution in [-0.4, -0.2) is 27.1 Å². The summed E-state index contributed by atoms with van der Waals surface area (Å²) in [4.78, 5) is 13.2. The van der Waals surface area contributed by atoms with E-state index in [0.717, 1.165) is 22.1 Å². The molecule has 0 fully saturated rings. The fourth-order valence-corrected chi connectivity index (χ4v) is 5.47. The van der Waals surface area contributed by atoms with Gasteiger partial charge in [0.1, 0.15) is 0 Å². The van der Waals surface area contributed by atoms with Crippen molar-refractivity contribution in [3.63, 3.8) is 0 Å². The molecule has 3 aromatic carbocycles. The highest BCUT2D eigenvalue weighted by Crippen LogP contribution is 2.31. The molecule has 1 N–H and O–H groups in total. The average Bonchev–Trinajstić information content (AvgIpc) is 3.22. The number of benzene rings is 3. The molecular weight excluding hydrogens is 476 g/mol. The van der Waals surface area contributed by atoms with Gasteiger partial charge in [0, 0.05) is 16.3 Å². The summed E-state index contributed by atoms with van der Waals surface area (Å²) in [6, 6.07) is 24.3. The van der Waals surface area contributed by atoms with Crippen LogP contribution in [0.4, 0.5) is 5.69 Å². The lowest BCUT2D eigenvalue weighted by molar-refractivity contribution is 0.0958. The summed E-state index contributed by atoms with van der Waals surface area (Å²) in [6.45, 7) is 0.740. The second-order valence-corrected chi connectivity index (χ2v) is 11.1. The lowest BCUT2D eigenvalue weighted by Gasteiger charge is -2.22. The van der Waals surface area contributed by atoms with Crippen LogP contribution in [0.25, 0.3) is 10.1 Å². The summed E-state index contributed by atoms with van der Waals surface area (Å²) in [6.07, 6.45) is 1.95. The smallest absolute Gasteiger partial charge is 0.261 e. The number of rotatable bonds is 8. The minimum Gasteiger partial charge on any atom is -0.351 e. The molecule has 4 rings (SSSR count). The van der Waals surface area contributed by atoms with Crippen molar-refractivity contribution in [3.05, 3.63) is 99.9 Å². The molecule has 1 amide bonds. The number of carbonyl (C=O) groups excluding carboxylic acids is 1. The monoisotopic (exact) mass is 498 g/mol. The van der Waals surface area contributed by atoms with Crippen LogP contribution in [0.1, 0.15) is 20.8 Å². The van der Waals surface area contributed by atoms with Gasteiger partial charge in [0.05, 0.1) is 23.4 Å². The lowest BCUT2D eigenvalue weighted by atomic mass is 10.1. The fourth-order valence-electron chi connectivity index (χ4n) is 3.51. The van der Waals surface area contributed by atoms with E-state index in [0.29, 0.717) is 22.1 Å². The highest BCUT2D eigenvalue weighted by atomic mass is 35.5. The Morgan fingerprint density at radius 2 is 1.70 bits per heavy atom. The predicted molar refractivity (Wildman–Crippen MR) is 137 cm³/mol. The average molecular weight is 499 g/mol. The van der Waals surface area contributed by atoms with Crippen molar-refractivity contribution in [2.45, 2.75) is 13.0 Å². The molecule has 0 saturated heterocycles. The van der Waals surface area contributed by atoms with Crippen molar-refractivity contribution < 1.29 is 13.2 Å². The van der Waals surface area contributed by atoms with Gasteiger partial charge in [-0.25, -0.2) is 8.42 Å². The molecule has 0 atom stereocenters. The first-order chi connectivity index (χ1) is 15.8. The number of nitrogens with one attached hydrogen (secondary N) is 1. The van der Waals surface area contributed by atoms with Crippen molar-refractivity contribution in [1.29, 1.82) is 0 Å². The van der Waals surface area contributed by atoms with Gasteiger partial charge in [-0.3, -0.25) is 9.10 Å². The zero-order valence-electron chi connectivity index (χ0n) is 18.0. The fraction of sp³-hybridized carbons (Fsp3) is 0.160. The van der Waals surface area contributed by atoms with Crippen LogP contribution in [0.15, 0.2) is 78.9 Å². The molecule has 170 valence electrons. The van der Waals surface area contributed by atoms with Gasteiger partial charge in [0.15, 0.2) is 0 Å².